The lowest BCUT2D eigenvalue weighted by atomic mass is 10.1. The van der Waals surface area contributed by atoms with Crippen LogP contribution in [0.1, 0.15) is 18.5 Å². The van der Waals surface area contributed by atoms with Gasteiger partial charge in [-0.15, -0.1) is 0 Å². The van der Waals surface area contributed by atoms with Crippen LogP contribution >= 0.6 is 0 Å². The number of rotatable bonds is 3. The van der Waals surface area contributed by atoms with Crippen LogP contribution in [0, 0.1) is 23.0 Å². The van der Waals surface area contributed by atoms with Crippen LogP contribution in [0.15, 0.2) is 18.2 Å². The second-order valence-electron chi connectivity index (χ2n) is 3.42. The quantitative estimate of drug-likeness (QED) is 0.716. The van der Waals surface area contributed by atoms with Gasteiger partial charge in [0.2, 0.25) is 0 Å². The molecular formula is C11H12F2N2. The molecule has 0 N–H and O–H groups in total. The number of benzene rings is 1. The van der Waals surface area contributed by atoms with Gasteiger partial charge in [0, 0.05) is 17.7 Å². The zero-order valence-electron chi connectivity index (χ0n) is 8.67. The Morgan fingerprint density at radius 2 is 2.13 bits per heavy atom. The van der Waals surface area contributed by atoms with Crippen molar-refractivity contribution in [3.05, 3.63) is 35.4 Å². The predicted octanol–water partition coefficient (Wildman–Crippen LogP) is 2.48. The average molecular weight is 210 g/mol. The maximum Gasteiger partial charge on any atom is 0.130 e. The minimum atomic E-state index is -0.591. The van der Waals surface area contributed by atoms with Crippen LogP contribution in [-0.4, -0.2) is 18.5 Å². The predicted molar refractivity (Wildman–Crippen MR) is 53.0 cm³/mol. The summed E-state index contributed by atoms with van der Waals surface area (Å²) in [5.74, 6) is -1.17. The average Bonchev–Trinajstić information content (AvgIpc) is 2.17. The van der Waals surface area contributed by atoms with Gasteiger partial charge in [0.05, 0.1) is 12.6 Å². The van der Waals surface area contributed by atoms with Crippen LogP contribution in [0.5, 0.6) is 0 Å². The van der Waals surface area contributed by atoms with Crippen LogP contribution in [-0.2, 0) is 0 Å². The third-order valence-electron chi connectivity index (χ3n) is 2.39. The minimum Gasteiger partial charge on any atom is -0.287 e. The fourth-order valence-corrected chi connectivity index (χ4v) is 1.33. The van der Waals surface area contributed by atoms with E-state index >= 15 is 0 Å². The number of hydrogen-bond acceptors (Lipinski definition) is 2. The Hall–Kier alpha value is -1.47. The summed E-state index contributed by atoms with van der Waals surface area (Å²) in [7, 11) is 1.72. The van der Waals surface area contributed by atoms with Gasteiger partial charge >= 0.3 is 0 Å². The molecule has 0 spiro atoms. The third-order valence-corrected chi connectivity index (χ3v) is 2.39. The van der Waals surface area contributed by atoms with Crippen molar-refractivity contribution >= 4 is 0 Å². The molecule has 0 bridgehead atoms. The van der Waals surface area contributed by atoms with Crippen LogP contribution in [0.3, 0.4) is 0 Å². The summed E-state index contributed by atoms with van der Waals surface area (Å²) >= 11 is 0. The van der Waals surface area contributed by atoms with E-state index in [0.717, 1.165) is 6.07 Å². The Balaban J connectivity index is 2.91. The molecular weight excluding hydrogens is 198 g/mol. The van der Waals surface area contributed by atoms with Gasteiger partial charge in [0.15, 0.2) is 0 Å². The fraction of sp³-hybridized carbons (Fsp3) is 0.364. The van der Waals surface area contributed by atoms with Crippen molar-refractivity contribution in [2.45, 2.75) is 13.0 Å². The monoisotopic (exact) mass is 210 g/mol. The molecule has 0 radical (unpaired) electrons. The highest BCUT2D eigenvalue weighted by atomic mass is 19.1. The number of nitriles is 1. The first-order valence-electron chi connectivity index (χ1n) is 4.58. The first-order chi connectivity index (χ1) is 7.06. The third kappa shape index (κ3) is 2.74. The summed E-state index contributed by atoms with van der Waals surface area (Å²) in [6.07, 6.45) is 0. The lowest BCUT2D eigenvalue weighted by Gasteiger charge is -2.22. The molecule has 4 heteroatoms. The van der Waals surface area contributed by atoms with Crippen LogP contribution in [0.4, 0.5) is 8.78 Å². The van der Waals surface area contributed by atoms with Crippen molar-refractivity contribution < 1.29 is 8.78 Å². The first kappa shape index (κ1) is 11.6. The Labute approximate surface area is 87.7 Å². The fourth-order valence-electron chi connectivity index (χ4n) is 1.33. The smallest absolute Gasteiger partial charge is 0.130 e. The van der Waals surface area contributed by atoms with Gasteiger partial charge in [0.25, 0.3) is 0 Å². The van der Waals surface area contributed by atoms with Crippen LogP contribution in [0.25, 0.3) is 0 Å². The molecule has 2 nitrogen and oxygen atoms in total. The molecule has 0 fully saturated rings. The second-order valence-corrected chi connectivity index (χ2v) is 3.42. The van der Waals surface area contributed by atoms with Crippen LogP contribution < -0.4 is 0 Å². The minimum absolute atomic E-state index is 0.206. The van der Waals surface area contributed by atoms with Gasteiger partial charge in [0.1, 0.15) is 11.6 Å². The van der Waals surface area contributed by atoms with E-state index in [0.29, 0.717) is 5.56 Å². The number of hydrogen-bond donors (Lipinski definition) is 0. The molecule has 1 aromatic carbocycles. The number of nitrogens with zero attached hydrogens (tertiary/aromatic N) is 2. The van der Waals surface area contributed by atoms with E-state index < -0.39 is 11.6 Å². The summed E-state index contributed by atoms with van der Waals surface area (Å²) in [5.41, 5.74) is 0.397. The normalized spacial score (nSPS) is 12.5. The summed E-state index contributed by atoms with van der Waals surface area (Å²) in [5, 5.41) is 8.50. The van der Waals surface area contributed by atoms with Crippen molar-refractivity contribution in [3.8, 4) is 6.07 Å². The summed E-state index contributed by atoms with van der Waals surface area (Å²) < 4.78 is 26.0. The second kappa shape index (κ2) is 4.85. The maximum atomic E-state index is 13.4. The maximum absolute atomic E-state index is 13.4. The molecule has 0 saturated heterocycles. The Morgan fingerprint density at radius 1 is 1.47 bits per heavy atom. The molecule has 0 aliphatic carbocycles. The van der Waals surface area contributed by atoms with E-state index in [4.69, 9.17) is 5.26 Å². The van der Waals surface area contributed by atoms with E-state index in [2.05, 4.69) is 0 Å². The standard InChI is InChI=1S/C11H12F2N2/c1-8(15(2)6-5-14)10-4-3-9(12)7-11(10)13/h3-4,7-8H,6H2,1-2H3. The molecule has 0 saturated carbocycles. The van der Waals surface area contributed by atoms with Gasteiger partial charge in [-0.05, 0) is 20.0 Å². The van der Waals surface area contributed by atoms with E-state index in [9.17, 15) is 8.78 Å². The summed E-state index contributed by atoms with van der Waals surface area (Å²) in [6.45, 7) is 1.98. The highest BCUT2D eigenvalue weighted by molar-refractivity contribution is 5.21. The van der Waals surface area contributed by atoms with Gasteiger partial charge in [-0.25, -0.2) is 8.78 Å². The van der Waals surface area contributed by atoms with Crippen molar-refractivity contribution in [3.63, 3.8) is 0 Å². The zero-order chi connectivity index (χ0) is 11.4. The molecule has 1 atom stereocenters. The highest BCUT2D eigenvalue weighted by Crippen LogP contribution is 2.21. The lowest BCUT2D eigenvalue weighted by Crippen LogP contribution is -2.23. The van der Waals surface area contributed by atoms with Crippen molar-refractivity contribution in [2.24, 2.45) is 0 Å². The lowest BCUT2D eigenvalue weighted by molar-refractivity contribution is 0.286. The summed E-state index contributed by atoms with van der Waals surface area (Å²) in [4.78, 5) is 1.69. The topological polar surface area (TPSA) is 27.0 Å². The Bertz CT molecular complexity index is 385. The Kier molecular flexibility index (Phi) is 3.75. The molecule has 0 aliphatic rings. The Morgan fingerprint density at radius 3 is 2.67 bits per heavy atom. The zero-order valence-corrected chi connectivity index (χ0v) is 8.67. The molecule has 0 amide bonds. The molecule has 15 heavy (non-hydrogen) atoms. The van der Waals surface area contributed by atoms with E-state index in [1.807, 2.05) is 6.07 Å². The van der Waals surface area contributed by atoms with E-state index in [1.54, 1.807) is 18.9 Å². The largest absolute Gasteiger partial charge is 0.287 e. The molecule has 1 unspecified atom stereocenters. The van der Waals surface area contributed by atoms with Crippen molar-refractivity contribution in [2.75, 3.05) is 13.6 Å². The molecule has 0 aliphatic heterocycles. The summed E-state index contributed by atoms with van der Waals surface area (Å²) in [6, 6.07) is 5.21. The molecule has 0 heterocycles. The van der Waals surface area contributed by atoms with Crippen molar-refractivity contribution in [1.29, 1.82) is 5.26 Å². The highest BCUT2D eigenvalue weighted by Gasteiger charge is 2.15. The van der Waals surface area contributed by atoms with Crippen LogP contribution in [0.2, 0.25) is 0 Å². The van der Waals surface area contributed by atoms with Gasteiger partial charge in [-0.3, -0.25) is 4.90 Å². The van der Waals surface area contributed by atoms with E-state index in [-0.39, 0.29) is 12.6 Å². The number of halogens is 2. The van der Waals surface area contributed by atoms with E-state index in [1.165, 1.54) is 12.1 Å². The van der Waals surface area contributed by atoms with Crippen molar-refractivity contribution in [1.82, 2.24) is 4.90 Å². The van der Waals surface area contributed by atoms with Gasteiger partial charge in [-0.2, -0.15) is 5.26 Å². The molecule has 80 valence electrons. The molecule has 0 aromatic heterocycles. The van der Waals surface area contributed by atoms with Gasteiger partial charge < -0.3 is 0 Å². The molecule has 1 rings (SSSR count). The first-order valence-corrected chi connectivity index (χ1v) is 4.58. The SMILES string of the molecule is CC(c1ccc(F)cc1F)N(C)CC#N. The molecule has 1 aromatic rings. The van der Waals surface area contributed by atoms with Gasteiger partial charge in [-0.1, -0.05) is 6.07 Å².